The van der Waals surface area contributed by atoms with Crippen molar-refractivity contribution in [3.05, 3.63) is 265 Å². The van der Waals surface area contributed by atoms with Gasteiger partial charge in [-0.3, -0.25) is 0 Å². The molecule has 4 nitrogen and oxygen atoms in total. The third-order valence-corrected chi connectivity index (χ3v) is 17.3. The molecule has 2 aliphatic heterocycles. The van der Waals surface area contributed by atoms with Gasteiger partial charge in [0.25, 0.3) is 6.71 Å². The number of rotatable bonds is 8. The van der Waals surface area contributed by atoms with Crippen molar-refractivity contribution in [2.45, 2.75) is 78.6 Å². The molecule has 83 heavy (non-hydrogen) atoms. The van der Waals surface area contributed by atoms with E-state index in [1.165, 1.54) is 72.4 Å². The molecule has 0 saturated carbocycles. The van der Waals surface area contributed by atoms with E-state index in [4.69, 9.17) is 4.42 Å². The quantitative estimate of drug-likeness (QED) is 0.141. The molecular formula is C78H68BN3O. The Morgan fingerprint density at radius 3 is 1.40 bits per heavy atom. The molecule has 0 aliphatic carbocycles. The van der Waals surface area contributed by atoms with Gasteiger partial charge in [0.15, 0.2) is 0 Å². The maximum atomic E-state index is 6.60. The predicted octanol–water partition coefficient (Wildman–Crippen LogP) is 20.0. The van der Waals surface area contributed by atoms with Crippen LogP contribution in [0.15, 0.2) is 253 Å². The van der Waals surface area contributed by atoms with E-state index in [0.717, 1.165) is 67.2 Å². The topological polar surface area (TPSA) is 22.9 Å². The van der Waals surface area contributed by atoms with E-state index in [1.54, 1.807) is 0 Å². The molecule has 0 bridgehead atoms. The number of hydrogen-bond donors (Lipinski definition) is 0. The zero-order valence-corrected chi connectivity index (χ0v) is 49.0. The number of fused-ring (bicyclic) bond motifs is 7. The predicted molar refractivity (Wildman–Crippen MR) is 355 cm³/mol. The Bertz CT molecular complexity index is 4350. The Hall–Kier alpha value is -9.32. The van der Waals surface area contributed by atoms with Crippen molar-refractivity contribution in [1.82, 2.24) is 0 Å². The lowest BCUT2D eigenvalue weighted by molar-refractivity contribution is 0.590. The van der Waals surface area contributed by atoms with Crippen molar-refractivity contribution < 1.29 is 4.42 Å². The van der Waals surface area contributed by atoms with E-state index >= 15 is 0 Å². The number of para-hydroxylation sites is 2. The van der Waals surface area contributed by atoms with Gasteiger partial charge in [-0.05, 0) is 162 Å². The average Bonchev–Trinajstić information content (AvgIpc) is 2.63. The van der Waals surface area contributed by atoms with Crippen molar-refractivity contribution in [2.75, 3.05) is 14.7 Å². The number of anilines is 9. The Balaban J connectivity index is 1.01. The fraction of sp³-hybridized carbons (Fsp3) is 0.154. The van der Waals surface area contributed by atoms with Crippen molar-refractivity contribution >= 4 is 96.2 Å². The van der Waals surface area contributed by atoms with Gasteiger partial charge in [-0.1, -0.05) is 226 Å². The van der Waals surface area contributed by atoms with Gasteiger partial charge in [0, 0.05) is 67.5 Å². The van der Waals surface area contributed by atoms with Gasteiger partial charge in [0.2, 0.25) is 0 Å². The zero-order valence-electron chi connectivity index (χ0n) is 49.0. The van der Waals surface area contributed by atoms with Gasteiger partial charge in [-0.2, -0.15) is 0 Å². The van der Waals surface area contributed by atoms with Gasteiger partial charge < -0.3 is 19.1 Å². The Labute approximate surface area is 490 Å². The normalized spacial score (nSPS) is 13.0. The van der Waals surface area contributed by atoms with E-state index in [0.29, 0.717) is 0 Å². The van der Waals surface area contributed by atoms with Crippen LogP contribution in [-0.2, 0) is 16.2 Å². The Morgan fingerprint density at radius 1 is 0.337 bits per heavy atom. The molecule has 0 saturated heterocycles. The minimum atomic E-state index is -0.195. The van der Waals surface area contributed by atoms with Crippen LogP contribution in [0.4, 0.5) is 51.2 Å². The summed E-state index contributed by atoms with van der Waals surface area (Å²) in [4.78, 5) is 7.56. The lowest BCUT2D eigenvalue weighted by atomic mass is 9.33. The largest absolute Gasteiger partial charge is 0.455 e. The first kappa shape index (κ1) is 51.8. The SMILES string of the molecule is CC(C)(C)c1ccc(N(c2ccc(C(C)(C)C)cc2)c2ccc3c(c2)N(c2ccc(-c4ccccc4)cc2)c2cc(C(C)(C)C)cc4c2B3c2cc(-c3ccccc3)ccc2N4c2ccc(-c3cccc4c3oc3ccccc34)cc2)cc1. The molecule has 2 aliphatic rings. The van der Waals surface area contributed by atoms with Gasteiger partial charge in [0.05, 0.1) is 0 Å². The summed E-state index contributed by atoms with van der Waals surface area (Å²) >= 11 is 0. The van der Waals surface area contributed by atoms with Gasteiger partial charge in [-0.15, -0.1) is 0 Å². The van der Waals surface area contributed by atoms with Gasteiger partial charge in [0.1, 0.15) is 11.2 Å². The molecule has 11 aromatic carbocycles. The Kier molecular flexibility index (Phi) is 12.3. The van der Waals surface area contributed by atoms with Gasteiger partial charge in [-0.25, -0.2) is 0 Å². The number of benzene rings is 11. The standard InChI is InChI=1S/C78H68BN3O/c1-76(2,3)56-32-40-59(41-33-56)80(60-42-34-57(35-43-60)77(4,5)6)63-44-45-67-70(50-63)82(62-36-27-53(28-37-62)51-19-12-10-13-20-51)72-49-58(78(7,8)9)48-71-74(72)79(67)68-47-55(52-21-14-11-15-22-52)31-46-69(68)81(71)61-38-29-54(30-39-61)64-24-18-25-66-65-23-16-17-26-73(65)83-75(64)66/h10-50H,1-9H3. The summed E-state index contributed by atoms with van der Waals surface area (Å²) in [6, 6.07) is 92.7. The summed E-state index contributed by atoms with van der Waals surface area (Å²) in [6.07, 6.45) is 0. The van der Waals surface area contributed by atoms with E-state index in [9.17, 15) is 0 Å². The number of hydrogen-bond acceptors (Lipinski definition) is 4. The van der Waals surface area contributed by atoms with Crippen LogP contribution in [-0.4, -0.2) is 6.71 Å². The zero-order chi connectivity index (χ0) is 56.9. The van der Waals surface area contributed by atoms with Crippen LogP contribution >= 0.6 is 0 Å². The minimum Gasteiger partial charge on any atom is -0.455 e. The highest BCUT2D eigenvalue weighted by molar-refractivity contribution is 7.00. The van der Waals surface area contributed by atoms with E-state index in [2.05, 4.69) is 320 Å². The monoisotopic (exact) mass is 1070 g/mol. The van der Waals surface area contributed by atoms with E-state index in [1.807, 2.05) is 6.07 Å². The average molecular weight is 1070 g/mol. The highest BCUT2D eigenvalue weighted by atomic mass is 16.3. The summed E-state index contributed by atoms with van der Waals surface area (Å²) in [6.45, 7) is 20.7. The van der Waals surface area contributed by atoms with Crippen molar-refractivity contribution in [1.29, 1.82) is 0 Å². The summed E-state index contributed by atoms with van der Waals surface area (Å²) in [5.74, 6) is 0. The maximum absolute atomic E-state index is 6.60. The molecule has 0 fully saturated rings. The first-order chi connectivity index (χ1) is 40.0. The highest BCUT2D eigenvalue weighted by Gasteiger charge is 2.45. The summed E-state index contributed by atoms with van der Waals surface area (Å²) in [5, 5.41) is 2.26. The van der Waals surface area contributed by atoms with Crippen molar-refractivity contribution in [3.63, 3.8) is 0 Å². The summed E-state index contributed by atoms with van der Waals surface area (Å²) in [5.41, 5.74) is 26.5. The van der Waals surface area contributed by atoms with Crippen LogP contribution in [0.1, 0.15) is 79.0 Å². The van der Waals surface area contributed by atoms with Crippen LogP contribution in [0.2, 0.25) is 0 Å². The van der Waals surface area contributed by atoms with Gasteiger partial charge >= 0.3 is 0 Å². The maximum Gasteiger partial charge on any atom is 0.252 e. The summed E-state index contributed by atoms with van der Waals surface area (Å²) in [7, 11) is 0. The fourth-order valence-corrected chi connectivity index (χ4v) is 12.8. The molecule has 0 spiro atoms. The Morgan fingerprint density at radius 2 is 0.819 bits per heavy atom. The molecule has 404 valence electrons. The van der Waals surface area contributed by atoms with Crippen LogP contribution in [0.5, 0.6) is 0 Å². The van der Waals surface area contributed by atoms with Crippen molar-refractivity contribution in [3.8, 4) is 33.4 Å². The van der Waals surface area contributed by atoms with Crippen LogP contribution in [0, 0.1) is 0 Å². The van der Waals surface area contributed by atoms with Crippen LogP contribution in [0.25, 0.3) is 55.3 Å². The third kappa shape index (κ3) is 9.11. The molecule has 5 heteroatoms. The number of nitrogens with zero attached hydrogens (tertiary/aromatic N) is 3. The molecule has 0 atom stereocenters. The molecule has 0 amide bonds. The lowest BCUT2D eigenvalue weighted by Crippen LogP contribution is -2.61. The molecular weight excluding hydrogens is 1010 g/mol. The second kappa shape index (κ2) is 19.7. The molecule has 0 N–H and O–H groups in total. The van der Waals surface area contributed by atoms with E-state index < -0.39 is 0 Å². The second-order valence-corrected chi connectivity index (χ2v) is 25.8. The molecule has 0 unspecified atom stereocenters. The molecule has 14 rings (SSSR count). The highest BCUT2D eigenvalue weighted by Crippen LogP contribution is 2.49. The lowest BCUT2D eigenvalue weighted by Gasteiger charge is -2.45. The fourth-order valence-electron chi connectivity index (χ4n) is 12.8. The van der Waals surface area contributed by atoms with E-state index in [-0.39, 0.29) is 23.0 Å². The minimum absolute atomic E-state index is 0.0132. The first-order valence-corrected chi connectivity index (χ1v) is 29.3. The third-order valence-electron chi connectivity index (χ3n) is 17.3. The first-order valence-electron chi connectivity index (χ1n) is 29.3. The van der Waals surface area contributed by atoms with Crippen LogP contribution < -0.4 is 31.1 Å². The molecule has 1 aromatic heterocycles. The van der Waals surface area contributed by atoms with Crippen molar-refractivity contribution in [2.24, 2.45) is 0 Å². The van der Waals surface area contributed by atoms with Crippen LogP contribution in [0.3, 0.4) is 0 Å². The summed E-state index contributed by atoms with van der Waals surface area (Å²) < 4.78 is 6.60. The smallest absolute Gasteiger partial charge is 0.252 e. The number of furan rings is 1. The molecule has 12 aromatic rings. The second-order valence-electron chi connectivity index (χ2n) is 25.8. The molecule has 3 heterocycles. The molecule has 0 radical (unpaired) electrons.